The van der Waals surface area contributed by atoms with E-state index >= 15 is 0 Å². The fraction of sp³-hybridized carbons (Fsp3) is 0.273. The molecule has 1 saturated heterocycles. The van der Waals surface area contributed by atoms with E-state index in [1.807, 2.05) is 36.9 Å². The molecule has 73 valence electrons. The maximum Gasteiger partial charge on any atom is 0.254 e. The molecule has 2 rings (SSSR count). The Hall–Kier alpha value is -1.35. The Balaban J connectivity index is 2.07. The van der Waals surface area contributed by atoms with Gasteiger partial charge in [0.15, 0.2) is 0 Å². The van der Waals surface area contributed by atoms with Crippen molar-refractivity contribution in [2.75, 3.05) is 19.6 Å². The lowest BCUT2D eigenvalue weighted by atomic mass is 10.2. The van der Waals surface area contributed by atoms with Gasteiger partial charge in [-0.2, -0.15) is 0 Å². The van der Waals surface area contributed by atoms with E-state index in [0.717, 1.165) is 25.2 Å². The smallest absolute Gasteiger partial charge is 0.254 e. The first-order valence-corrected chi connectivity index (χ1v) is 4.78. The van der Waals surface area contributed by atoms with Crippen LogP contribution in [0.1, 0.15) is 10.4 Å². The molecule has 1 aromatic carbocycles. The number of hydrogen-bond acceptors (Lipinski definition) is 2. The Morgan fingerprint density at radius 1 is 1.29 bits per heavy atom. The van der Waals surface area contributed by atoms with Crippen LogP contribution in [0.15, 0.2) is 30.3 Å². The summed E-state index contributed by atoms with van der Waals surface area (Å²) in [4.78, 5) is 13.6. The molecule has 0 aliphatic carbocycles. The Bertz CT molecular complexity index is 304. The van der Waals surface area contributed by atoms with Crippen LogP contribution in [0.5, 0.6) is 0 Å². The topological polar surface area (TPSA) is 32.3 Å². The molecule has 1 aliphatic rings. The highest BCUT2D eigenvalue weighted by Gasteiger charge is 2.17. The highest BCUT2D eigenvalue weighted by molar-refractivity contribution is 5.94. The number of benzene rings is 1. The van der Waals surface area contributed by atoms with Gasteiger partial charge in [-0.1, -0.05) is 18.2 Å². The fourth-order valence-electron chi connectivity index (χ4n) is 1.50. The molecule has 3 nitrogen and oxygen atoms in total. The zero-order valence-corrected chi connectivity index (χ0v) is 7.94. The molecule has 1 amide bonds. The van der Waals surface area contributed by atoms with E-state index in [1.54, 1.807) is 4.90 Å². The van der Waals surface area contributed by atoms with Crippen LogP contribution in [0.2, 0.25) is 0 Å². The summed E-state index contributed by atoms with van der Waals surface area (Å²) < 4.78 is 0. The average Bonchev–Trinajstić information content (AvgIpc) is 2.30. The number of nitrogens with zero attached hydrogens (tertiary/aromatic N) is 1. The summed E-state index contributed by atoms with van der Waals surface area (Å²) in [5.74, 6) is 0.0899. The summed E-state index contributed by atoms with van der Waals surface area (Å²) in [6, 6.07) is 9.37. The summed E-state index contributed by atoms with van der Waals surface area (Å²) in [7, 11) is 0. The Morgan fingerprint density at radius 3 is 2.71 bits per heavy atom. The number of amides is 1. The van der Waals surface area contributed by atoms with Gasteiger partial charge in [0.2, 0.25) is 0 Å². The third-order valence-electron chi connectivity index (χ3n) is 2.27. The van der Waals surface area contributed by atoms with Gasteiger partial charge in [0, 0.05) is 25.2 Å². The molecule has 0 spiro atoms. The molecule has 1 N–H and O–H groups in total. The van der Waals surface area contributed by atoms with Crippen molar-refractivity contribution in [2.24, 2.45) is 0 Å². The fourth-order valence-corrected chi connectivity index (χ4v) is 1.50. The molecule has 0 atom stereocenters. The highest BCUT2D eigenvalue weighted by atomic mass is 16.2. The lowest BCUT2D eigenvalue weighted by molar-refractivity contribution is 0.0782. The second kappa shape index (κ2) is 4.24. The van der Waals surface area contributed by atoms with Gasteiger partial charge < -0.3 is 10.2 Å². The van der Waals surface area contributed by atoms with Gasteiger partial charge in [0.25, 0.3) is 5.91 Å². The van der Waals surface area contributed by atoms with Crippen molar-refractivity contribution in [3.8, 4) is 0 Å². The van der Waals surface area contributed by atoms with Crippen LogP contribution in [0.25, 0.3) is 0 Å². The van der Waals surface area contributed by atoms with Crippen molar-refractivity contribution < 1.29 is 4.79 Å². The number of rotatable bonds is 1. The van der Waals surface area contributed by atoms with Gasteiger partial charge in [-0.25, -0.2) is 0 Å². The summed E-state index contributed by atoms with van der Waals surface area (Å²) in [6.45, 7) is 4.31. The maximum atomic E-state index is 11.9. The first-order valence-electron chi connectivity index (χ1n) is 4.78. The minimum Gasteiger partial charge on any atom is -0.331 e. The van der Waals surface area contributed by atoms with Gasteiger partial charge in [-0.15, -0.1) is 0 Å². The zero-order valence-electron chi connectivity index (χ0n) is 7.94. The second-order valence-corrected chi connectivity index (χ2v) is 3.25. The molecular weight excluding hydrogens is 176 g/mol. The molecule has 1 fully saturated rings. The standard InChI is InChI=1S/C11H13N2O/c14-11(10-4-2-1-3-5-10)13-8-6-12-7-9-13/h1-5,8,12H,6-7,9H2. The lowest BCUT2D eigenvalue weighted by Gasteiger charge is -2.26. The predicted molar refractivity (Wildman–Crippen MR) is 54.6 cm³/mol. The van der Waals surface area contributed by atoms with Gasteiger partial charge >= 0.3 is 0 Å². The van der Waals surface area contributed by atoms with Crippen LogP contribution in [0.4, 0.5) is 0 Å². The van der Waals surface area contributed by atoms with E-state index in [2.05, 4.69) is 5.32 Å². The SMILES string of the molecule is O=C(c1ccccc1)N1[CH]CNCC1. The molecule has 0 unspecified atom stereocenters. The van der Waals surface area contributed by atoms with Crippen LogP contribution < -0.4 is 5.32 Å². The van der Waals surface area contributed by atoms with Crippen molar-refractivity contribution in [2.45, 2.75) is 0 Å². The second-order valence-electron chi connectivity index (χ2n) is 3.25. The van der Waals surface area contributed by atoms with Crippen molar-refractivity contribution in [1.82, 2.24) is 10.2 Å². The normalized spacial score (nSPS) is 16.7. The Labute approximate surface area is 83.7 Å². The van der Waals surface area contributed by atoms with Gasteiger partial charge in [-0.3, -0.25) is 4.79 Å². The van der Waals surface area contributed by atoms with E-state index in [0.29, 0.717) is 0 Å². The number of carbonyl (C=O) groups is 1. The predicted octanol–water partition coefficient (Wildman–Crippen LogP) is 0.894. The molecule has 3 heteroatoms. The number of hydrogen-bond donors (Lipinski definition) is 1. The van der Waals surface area contributed by atoms with Crippen LogP contribution in [0.3, 0.4) is 0 Å². The zero-order chi connectivity index (χ0) is 9.80. The lowest BCUT2D eigenvalue weighted by Crippen LogP contribution is -2.43. The summed E-state index contributed by atoms with van der Waals surface area (Å²) >= 11 is 0. The largest absolute Gasteiger partial charge is 0.331 e. The molecule has 1 heterocycles. The van der Waals surface area contributed by atoms with Crippen LogP contribution >= 0.6 is 0 Å². The summed E-state index contributed by atoms with van der Waals surface area (Å²) in [6.07, 6.45) is 0. The molecule has 14 heavy (non-hydrogen) atoms. The van der Waals surface area contributed by atoms with E-state index < -0.39 is 0 Å². The molecule has 0 saturated carbocycles. The van der Waals surface area contributed by atoms with Gasteiger partial charge in [0.1, 0.15) is 0 Å². The molecule has 1 aliphatic heterocycles. The third kappa shape index (κ3) is 1.93. The van der Waals surface area contributed by atoms with Crippen LogP contribution in [-0.2, 0) is 0 Å². The van der Waals surface area contributed by atoms with Crippen molar-refractivity contribution in [3.63, 3.8) is 0 Å². The van der Waals surface area contributed by atoms with Gasteiger partial charge in [-0.05, 0) is 12.1 Å². The Kier molecular flexibility index (Phi) is 2.79. The first kappa shape index (κ1) is 9.21. The average molecular weight is 189 g/mol. The van der Waals surface area contributed by atoms with E-state index in [1.165, 1.54) is 0 Å². The minimum absolute atomic E-state index is 0.0899. The van der Waals surface area contributed by atoms with Crippen LogP contribution in [0, 0.1) is 6.54 Å². The Morgan fingerprint density at radius 2 is 2.07 bits per heavy atom. The highest BCUT2D eigenvalue weighted by Crippen LogP contribution is 2.07. The third-order valence-corrected chi connectivity index (χ3v) is 2.27. The van der Waals surface area contributed by atoms with Crippen molar-refractivity contribution >= 4 is 5.91 Å². The summed E-state index contributed by atoms with van der Waals surface area (Å²) in [5.41, 5.74) is 0.755. The number of nitrogens with one attached hydrogen (secondary N) is 1. The van der Waals surface area contributed by atoms with E-state index in [9.17, 15) is 4.79 Å². The quantitative estimate of drug-likeness (QED) is 0.711. The van der Waals surface area contributed by atoms with Crippen LogP contribution in [-0.4, -0.2) is 30.4 Å². The molecule has 1 aromatic rings. The van der Waals surface area contributed by atoms with E-state index in [4.69, 9.17) is 0 Å². The molecule has 0 bridgehead atoms. The monoisotopic (exact) mass is 189 g/mol. The maximum absolute atomic E-state index is 11.9. The van der Waals surface area contributed by atoms with Crippen molar-refractivity contribution in [1.29, 1.82) is 0 Å². The van der Waals surface area contributed by atoms with E-state index in [-0.39, 0.29) is 5.91 Å². The number of piperazine rings is 1. The molecule has 0 aromatic heterocycles. The minimum atomic E-state index is 0.0899. The summed E-state index contributed by atoms with van der Waals surface area (Å²) in [5, 5.41) is 3.17. The molecule has 1 radical (unpaired) electrons. The van der Waals surface area contributed by atoms with Crippen molar-refractivity contribution in [3.05, 3.63) is 42.4 Å². The number of carbonyl (C=O) groups excluding carboxylic acids is 1. The van der Waals surface area contributed by atoms with Gasteiger partial charge in [0.05, 0.1) is 6.54 Å². The molecular formula is C11H13N2O. The first-order chi connectivity index (χ1) is 6.88.